The standard InChI is InChI=1S/C17H13ClFN/c1-11(12-6-2-4-8-15(12)19)17-10-14(18)13-7-3-5-9-16(13)20-17/h2-11H,1H3. The summed E-state index contributed by atoms with van der Waals surface area (Å²) in [6.07, 6.45) is 0. The topological polar surface area (TPSA) is 12.9 Å². The summed E-state index contributed by atoms with van der Waals surface area (Å²) in [5.74, 6) is -0.357. The van der Waals surface area contributed by atoms with Crippen LogP contribution in [0.5, 0.6) is 0 Å². The number of pyridine rings is 1. The Kier molecular flexibility index (Phi) is 3.41. The van der Waals surface area contributed by atoms with Gasteiger partial charge in [0.05, 0.1) is 10.5 Å². The number of para-hydroxylation sites is 1. The molecule has 0 saturated heterocycles. The van der Waals surface area contributed by atoms with Crippen molar-refractivity contribution in [3.8, 4) is 0 Å². The van der Waals surface area contributed by atoms with Gasteiger partial charge in [-0.1, -0.05) is 54.9 Å². The van der Waals surface area contributed by atoms with Gasteiger partial charge in [-0.2, -0.15) is 0 Å². The molecule has 0 aliphatic carbocycles. The van der Waals surface area contributed by atoms with E-state index in [1.54, 1.807) is 12.1 Å². The molecular formula is C17H13ClFN. The number of aromatic nitrogens is 1. The second-order valence-electron chi connectivity index (χ2n) is 4.79. The summed E-state index contributed by atoms with van der Waals surface area (Å²) in [5, 5.41) is 1.56. The van der Waals surface area contributed by atoms with Gasteiger partial charge in [-0.25, -0.2) is 4.39 Å². The normalized spacial score (nSPS) is 12.6. The van der Waals surface area contributed by atoms with Gasteiger partial charge in [0.1, 0.15) is 5.82 Å². The number of benzene rings is 2. The van der Waals surface area contributed by atoms with E-state index >= 15 is 0 Å². The third-order valence-electron chi connectivity index (χ3n) is 3.50. The molecule has 1 unspecified atom stereocenters. The molecule has 1 heterocycles. The average molecular weight is 286 g/mol. The Bertz CT molecular complexity index is 770. The Balaban J connectivity index is 2.13. The third-order valence-corrected chi connectivity index (χ3v) is 3.81. The van der Waals surface area contributed by atoms with Gasteiger partial charge in [0.2, 0.25) is 0 Å². The fourth-order valence-corrected chi connectivity index (χ4v) is 2.63. The van der Waals surface area contributed by atoms with Gasteiger partial charge in [0.15, 0.2) is 0 Å². The summed E-state index contributed by atoms with van der Waals surface area (Å²) in [6.45, 7) is 1.94. The van der Waals surface area contributed by atoms with E-state index in [4.69, 9.17) is 11.6 Å². The molecule has 0 N–H and O–H groups in total. The molecule has 20 heavy (non-hydrogen) atoms. The number of hydrogen-bond donors (Lipinski definition) is 0. The Morgan fingerprint density at radius 3 is 2.55 bits per heavy atom. The van der Waals surface area contributed by atoms with Crippen molar-refractivity contribution in [1.82, 2.24) is 4.98 Å². The van der Waals surface area contributed by atoms with Crippen LogP contribution in [0.3, 0.4) is 0 Å². The van der Waals surface area contributed by atoms with Crippen LogP contribution in [-0.4, -0.2) is 4.98 Å². The zero-order valence-corrected chi connectivity index (χ0v) is 11.7. The van der Waals surface area contributed by atoms with Crippen molar-refractivity contribution in [3.05, 3.63) is 76.7 Å². The maximum absolute atomic E-state index is 13.9. The lowest BCUT2D eigenvalue weighted by Gasteiger charge is -2.14. The van der Waals surface area contributed by atoms with Crippen molar-refractivity contribution in [2.24, 2.45) is 0 Å². The van der Waals surface area contributed by atoms with E-state index in [1.807, 2.05) is 43.3 Å². The Hall–Kier alpha value is -1.93. The fraction of sp³-hybridized carbons (Fsp3) is 0.118. The Morgan fingerprint density at radius 1 is 1.05 bits per heavy atom. The molecule has 1 atom stereocenters. The van der Waals surface area contributed by atoms with Gasteiger partial charge in [0, 0.05) is 17.0 Å². The number of nitrogens with zero attached hydrogens (tertiary/aromatic N) is 1. The number of hydrogen-bond acceptors (Lipinski definition) is 1. The van der Waals surface area contributed by atoms with Gasteiger partial charge in [-0.05, 0) is 23.8 Å². The fourth-order valence-electron chi connectivity index (χ4n) is 2.36. The number of halogens is 2. The van der Waals surface area contributed by atoms with Gasteiger partial charge in [-0.3, -0.25) is 4.98 Å². The predicted molar refractivity (Wildman–Crippen MR) is 80.7 cm³/mol. The molecule has 0 fully saturated rings. The van der Waals surface area contributed by atoms with Crippen LogP contribution in [0.1, 0.15) is 24.1 Å². The van der Waals surface area contributed by atoms with Crippen molar-refractivity contribution in [3.63, 3.8) is 0 Å². The van der Waals surface area contributed by atoms with Crippen molar-refractivity contribution < 1.29 is 4.39 Å². The minimum Gasteiger partial charge on any atom is -0.252 e. The van der Waals surface area contributed by atoms with Crippen LogP contribution in [0.25, 0.3) is 10.9 Å². The van der Waals surface area contributed by atoms with Gasteiger partial charge < -0.3 is 0 Å². The summed E-state index contributed by atoms with van der Waals surface area (Å²) in [7, 11) is 0. The highest BCUT2D eigenvalue weighted by atomic mass is 35.5. The zero-order valence-electron chi connectivity index (χ0n) is 11.0. The van der Waals surface area contributed by atoms with Crippen molar-refractivity contribution in [1.29, 1.82) is 0 Å². The average Bonchev–Trinajstić information content (AvgIpc) is 2.47. The van der Waals surface area contributed by atoms with Crippen LogP contribution in [0, 0.1) is 5.82 Å². The molecule has 3 rings (SSSR count). The van der Waals surface area contributed by atoms with Crippen LogP contribution in [0.2, 0.25) is 5.02 Å². The lowest BCUT2D eigenvalue weighted by molar-refractivity contribution is 0.601. The summed E-state index contributed by atoms with van der Waals surface area (Å²) in [6, 6.07) is 16.3. The molecule has 2 aromatic carbocycles. The van der Waals surface area contributed by atoms with Gasteiger partial charge in [0.25, 0.3) is 0 Å². The maximum Gasteiger partial charge on any atom is 0.127 e. The lowest BCUT2D eigenvalue weighted by atomic mass is 9.96. The molecule has 1 nitrogen and oxygen atoms in total. The van der Waals surface area contributed by atoms with Crippen LogP contribution in [0.4, 0.5) is 4.39 Å². The second kappa shape index (κ2) is 5.22. The van der Waals surface area contributed by atoms with Crippen molar-refractivity contribution in [2.45, 2.75) is 12.8 Å². The molecule has 0 spiro atoms. The summed E-state index contributed by atoms with van der Waals surface area (Å²) < 4.78 is 13.9. The van der Waals surface area contributed by atoms with E-state index in [0.717, 1.165) is 16.6 Å². The third kappa shape index (κ3) is 2.27. The molecule has 3 aromatic rings. The zero-order chi connectivity index (χ0) is 14.1. The van der Waals surface area contributed by atoms with Crippen molar-refractivity contribution >= 4 is 22.5 Å². The maximum atomic E-state index is 13.9. The minimum absolute atomic E-state index is 0.140. The first-order valence-corrected chi connectivity index (χ1v) is 6.84. The van der Waals surface area contributed by atoms with Crippen LogP contribution in [0.15, 0.2) is 54.6 Å². The Labute approximate surface area is 122 Å². The van der Waals surface area contributed by atoms with E-state index in [-0.39, 0.29) is 11.7 Å². The highest BCUT2D eigenvalue weighted by Gasteiger charge is 2.15. The number of rotatable bonds is 2. The predicted octanol–water partition coefficient (Wildman–Crippen LogP) is 5.18. The molecule has 0 aliphatic heterocycles. The van der Waals surface area contributed by atoms with Crippen LogP contribution in [-0.2, 0) is 0 Å². The quantitative estimate of drug-likeness (QED) is 0.632. The molecule has 0 amide bonds. The van der Waals surface area contributed by atoms with E-state index in [1.165, 1.54) is 6.07 Å². The second-order valence-corrected chi connectivity index (χ2v) is 5.20. The molecule has 3 heteroatoms. The molecule has 100 valence electrons. The summed E-state index contributed by atoms with van der Waals surface area (Å²) >= 11 is 6.30. The van der Waals surface area contributed by atoms with E-state index in [0.29, 0.717) is 10.6 Å². The molecular weight excluding hydrogens is 273 g/mol. The highest BCUT2D eigenvalue weighted by molar-refractivity contribution is 6.35. The minimum atomic E-state index is -0.217. The van der Waals surface area contributed by atoms with E-state index in [9.17, 15) is 4.39 Å². The molecule has 0 aliphatic rings. The summed E-state index contributed by atoms with van der Waals surface area (Å²) in [4.78, 5) is 4.60. The number of fused-ring (bicyclic) bond motifs is 1. The van der Waals surface area contributed by atoms with E-state index < -0.39 is 0 Å². The monoisotopic (exact) mass is 285 g/mol. The SMILES string of the molecule is CC(c1cc(Cl)c2ccccc2n1)c1ccccc1F. The first-order valence-electron chi connectivity index (χ1n) is 6.46. The largest absolute Gasteiger partial charge is 0.252 e. The summed E-state index contributed by atoms with van der Waals surface area (Å²) in [5.41, 5.74) is 2.24. The lowest BCUT2D eigenvalue weighted by Crippen LogP contribution is -2.02. The first kappa shape index (κ1) is 13.1. The van der Waals surface area contributed by atoms with Crippen LogP contribution < -0.4 is 0 Å². The Morgan fingerprint density at radius 2 is 1.75 bits per heavy atom. The molecule has 0 radical (unpaired) electrons. The highest BCUT2D eigenvalue weighted by Crippen LogP contribution is 2.30. The first-order chi connectivity index (χ1) is 9.66. The van der Waals surface area contributed by atoms with Crippen LogP contribution >= 0.6 is 11.6 Å². The molecule has 0 saturated carbocycles. The smallest absolute Gasteiger partial charge is 0.127 e. The molecule has 1 aromatic heterocycles. The van der Waals surface area contributed by atoms with E-state index in [2.05, 4.69) is 4.98 Å². The molecule has 0 bridgehead atoms. The van der Waals surface area contributed by atoms with Gasteiger partial charge in [-0.15, -0.1) is 0 Å². The van der Waals surface area contributed by atoms with Crippen molar-refractivity contribution in [2.75, 3.05) is 0 Å². The van der Waals surface area contributed by atoms with Gasteiger partial charge >= 0.3 is 0 Å².